The van der Waals surface area contributed by atoms with Crippen LogP contribution in [0.5, 0.6) is 11.5 Å². The van der Waals surface area contributed by atoms with Gasteiger partial charge in [0.2, 0.25) is 0 Å². The minimum atomic E-state index is -0.362. The predicted octanol–water partition coefficient (Wildman–Crippen LogP) is 6.66. The summed E-state index contributed by atoms with van der Waals surface area (Å²) in [5.41, 5.74) is 9.45. The maximum atomic E-state index is 6.57. The van der Waals surface area contributed by atoms with Crippen molar-refractivity contribution in [2.45, 2.75) is 63.3 Å². The lowest BCUT2D eigenvalue weighted by molar-refractivity contribution is 0.0173. The number of nitrogens with two attached hydrogens (primary N) is 1. The number of unbranched alkanes of at least 4 members (excludes halogenated alkanes) is 2. The highest BCUT2D eigenvalue weighted by Crippen LogP contribution is 2.53. The summed E-state index contributed by atoms with van der Waals surface area (Å²) in [6.45, 7) is 1.81. The fourth-order valence-electron chi connectivity index (χ4n) is 4.34. The standard InChI is InChI=1S/C29H33ClN2O3/c30-27-11-10-23(33-17-5-1-4-15-31)18-21(27)20-34-29(13-14-29)26-19-32-16-12-24(26)25-6-2-3-7-28(25)35-22-8-9-22/h2-3,6-7,10-12,16,18-19,22H,1,4-5,8-9,13-15,17,20,31H2. The first-order valence-corrected chi connectivity index (χ1v) is 13.0. The highest BCUT2D eigenvalue weighted by molar-refractivity contribution is 6.31. The summed E-state index contributed by atoms with van der Waals surface area (Å²) in [6, 6.07) is 16.1. The molecule has 0 spiro atoms. The van der Waals surface area contributed by atoms with Gasteiger partial charge in [0.15, 0.2) is 0 Å². The number of para-hydroxylation sites is 1. The van der Waals surface area contributed by atoms with Gasteiger partial charge in [-0.1, -0.05) is 29.8 Å². The molecular weight excluding hydrogens is 460 g/mol. The summed E-state index contributed by atoms with van der Waals surface area (Å²) >= 11 is 6.52. The Balaban J connectivity index is 1.31. The molecule has 2 aromatic carbocycles. The molecule has 2 fully saturated rings. The molecule has 2 aliphatic carbocycles. The Hall–Kier alpha value is -2.60. The van der Waals surface area contributed by atoms with Gasteiger partial charge in [0, 0.05) is 34.1 Å². The van der Waals surface area contributed by atoms with E-state index in [1.54, 1.807) is 0 Å². The van der Waals surface area contributed by atoms with Crippen LogP contribution >= 0.6 is 11.6 Å². The molecule has 0 unspecified atom stereocenters. The normalized spacial score (nSPS) is 16.2. The zero-order chi connectivity index (χ0) is 24.1. The summed E-state index contributed by atoms with van der Waals surface area (Å²) < 4.78 is 18.7. The van der Waals surface area contributed by atoms with Crippen LogP contribution in [0.2, 0.25) is 5.02 Å². The van der Waals surface area contributed by atoms with E-state index in [-0.39, 0.29) is 5.60 Å². The number of hydrogen-bond acceptors (Lipinski definition) is 5. The molecule has 2 N–H and O–H groups in total. The highest BCUT2D eigenvalue weighted by Gasteiger charge is 2.47. The van der Waals surface area contributed by atoms with Crippen LogP contribution < -0.4 is 15.2 Å². The molecule has 5 nitrogen and oxygen atoms in total. The molecule has 0 atom stereocenters. The third kappa shape index (κ3) is 5.97. The third-order valence-corrected chi connectivity index (χ3v) is 7.02. The monoisotopic (exact) mass is 492 g/mol. The van der Waals surface area contributed by atoms with E-state index in [1.165, 1.54) is 0 Å². The van der Waals surface area contributed by atoms with Crippen molar-refractivity contribution in [1.29, 1.82) is 0 Å². The van der Waals surface area contributed by atoms with Crippen LogP contribution in [0.1, 0.15) is 56.1 Å². The quantitative estimate of drug-likeness (QED) is 0.270. The van der Waals surface area contributed by atoms with Gasteiger partial charge in [-0.15, -0.1) is 0 Å². The lowest BCUT2D eigenvalue weighted by Crippen LogP contribution is -2.14. The number of hydrogen-bond donors (Lipinski definition) is 1. The largest absolute Gasteiger partial charge is 0.494 e. The number of halogens is 1. The van der Waals surface area contributed by atoms with Crippen molar-refractivity contribution >= 4 is 11.6 Å². The van der Waals surface area contributed by atoms with Gasteiger partial charge in [0.1, 0.15) is 11.5 Å². The summed E-state index contributed by atoms with van der Waals surface area (Å²) in [7, 11) is 0. The van der Waals surface area contributed by atoms with Crippen LogP contribution in [0.3, 0.4) is 0 Å². The van der Waals surface area contributed by atoms with E-state index in [9.17, 15) is 0 Å². The second kappa shape index (κ2) is 11.0. The highest BCUT2D eigenvalue weighted by atomic mass is 35.5. The third-order valence-electron chi connectivity index (χ3n) is 6.65. The zero-order valence-electron chi connectivity index (χ0n) is 20.0. The molecule has 2 aliphatic rings. The van der Waals surface area contributed by atoms with Crippen LogP contribution in [0.25, 0.3) is 11.1 Å². The van der Waals surface area contributed by atoms with Crippen molar-refractivity contribution in [3.63, 3.8) is 0 Å². The Morgan fingerprint density at radius 2 is 1.86 bits per heavy atom. The Morgan fingerprint density at radius 3 is 2.66 bits per heavy atom. The number of nitrogens with zero attached hydrogens (tertiary/aromatic N) is 1. The molecule has 184 valence electrons. The van der Waals surface area contributed by atoms with E-state index in [4.69, 9.17) is 31.5 Å². The lowest BCUT2D eigenvalue weighted by atomic mass is 9.96. The molecule has 2 saturated carbocycles. The van der Waals surface area contributed by atoms with Gasteiger partial charge in [-0.05, 0) is 87.4 Å². The van der Waals surface area contributed by atoms with Crippen molar-refractivity contribution in [2.75, 3.05) is 13.2 Å². The number of ether oxygens (including phenoxy) is 3. The molecule has 1 aromatic heterocycles. The van der Waals surface area contributed by atoms with E-state index >= 15 is 0 Å². The van der Waals surface area contributed by atoms with Gasteiger partial charge in [0.05, 0.1) is 24.9 Å². The van der Waals surface area contributed by atoms with E-state index in [1.807, 2.05) is 36.7 Å². The number of benzene rings is 2. The van der Waals surface area contributed by atoms with Crippen molar-refractivity contribution < 1.29 is 14.2 Å². The van der Waals surface area contributed by atoms with E-state index in [0.717, 1.165) is 85.2 Å². The SMILES string of the molecule is NCCCCCOc1ccc(Cl)c(COC2(c3cnccc3-c3ccccc3OC3CC3)CC2)c1. The van der Waals surface area contributed by atoms with Crippen molar-refractivity contribution in [1.82, 2.24) is 4.98 Å². The topological polar surface area (TPSA) is 66.6 Å². The molecule has 3 aromatic rings. The van der Waals surface area contributed by atoms with E-state index < -0.39 is 0 Å². The first-order chi connectivity index (χ1) is 17.2. The smallest absolute Gasteiger partial charge is 0.127 e. The van der Waals surface area contributed by atoms with Crippen LogP contribution in [-0.4, -0.2) is 24.2 Å². The summed E-state index contributed by atoms with van der Waals surface area (Å²) in [6.07, 6.45) is 11.4. The van der Waals surface area contributed by atoms with Gasteiger partial charge in [-0.3, -0.25) is 4.98 Å². The molecule has 5 rings (SSSR count). The molecule has 0 radical (unpaired) electrons. The molecule has 0 amide bonds. The number of rotatable bonds is 13. The van der Waals surface area contributed by atoms with Gasteiger partial charge in [-0.25, -0.2) is 0 Å². The van der Waals surface area contributed by atoms with Gasteiger partial charge in [-0.2, -0.15) is 0 Å². The Bertz CT molecular complexity index is 1140. The van der Waals surface area contributed by atoms with Gasteiger partial charge >= 0.3 is 0 Å². The first kappa shape index (κ1) is 24.1. The molecule has 1 heterocycles. The Kier molecular flexibility index (Phi) is 7.57. The second-order valence-electron chi connectivity index (χ2n) is 9.47. The average molecular weight is 493 g/mol. The summed E-state index contributed by atoms with van der Waals surface area (Å²) in [5.74, 6) is 1.75. The predicted molar refractivity (Wildman–Crippen MR) is 139 cm³/mol. The Morgan fingerprint density at radius 1 is 1.00 bits per heavy atom. The second-order valence-corrected chi connectivity index (χ2v) is 9.88. The maximum absolute atomic E-state index is 6.57. The van der Waals surface area contributed by atoms with E-state index in [2.05, 4.69) is 29.2 Å². The molecule has 0 bridgehead atoms. The van der Waals surface area contributed by atoms with Crippen molar-refractivity contribution in [2.24, 2.45) is 5.73 Å². The summed E-state index contributed by atoms with van der Waals surface area (Å²) in [4.78, 5) is 4.45. The number of aromatic nitrogens is 1. The number of pyridine rings is 1. The molecule has 6 heteroatoms. The average Bonchev–Trinajstić information content (AvgIpc) is 3.82. The zero-order valence-corrected chi connectivity index (χ0v) is 20.8. The lowest BCUT2D eigenvalue weighted by Gasteiger charge is -2.22. The minimum Gasteiger partial charge on any atom is -0.494 e. The minimum absolute atomic E-state index is 0.338. The Labute approximate surface area is 212 Å². The van der Waals surface area contributed by atoms with Crippen molar-refractivity contribution in [3.8, 4) is 22.6 Å². The van der Waals surface area contributed by atoms with E-state index in [0.29, 0.717) is 24.3 Å². The van der Waals surface area contributed by atoms with Crippen LogP contribution in [0, 0.1) is 0 Å². The molecular formula is C29H33ClN2O3. The van der Waals surface area contributed by atoms with Crippen LogP contribution in [0.4, 0.5) is 0 Å². The molecule has 0 aliphatic heterocycles. The van der Waals surface area contributed by atoms with Gasteiger partial charge < -0.3 is 19.9 Å². The van der Waals surface area contributed by atoms with Crippen molar-refractivity contribution in [3.05, 3.63) is 77.1 Å². The molecule has 0 saturated heterocycles. The van der Waals surface area contributed by atoms with Crippen LogP contribution in [0.15, 0.2) is 60.9 Å². The fourth-order valence-corrected chi connectivity index (χ4v) is 4.51. The maximum Gasteiger partial charge on any atom is 0.127 e. The van der Waals surface area contributed by atoms with Gasteiger partial charge in [0.25, 0.3) is 0 Å². The first-order valence-electron chi connectivity index (χ1n) is 12.6. The fraction of sp³-hybridized carbons (Fsp3) is 0.414. The summed E-state index contributed by atoms with van der Waals surface area (Å²) in [5, 5.41) is 0.686. The van der Waals surface area contributed by atoms with Crippen LogP contribution in [-0.2, 0) is 16.9 Å². The molecule has 35 heavy (non-hydrogen) atoms.